The maximum Gasteiger partial charge on any atom is 0.305 e. The molecular formula is C36H72O2. The van der Waals surface area contributed by atoms with E-state index in [2.05, 4.69) is 13.8 Å². The molecule has 0 aliphatic heterocycles. The van der Waals surface area contributed by atoms with Crippen LogP contribution in [-0.2, 0) is 9.53 Å². The molecule has 0 amide bonds. The van der Waals surface area contributed by atoms with Crippen molar-refractivity contribution in [3.8, 4) is 0 Å². The van der Waals surface area contributed by atoms with Gasteiger partial charge in [-0.05, 0) is 12.8 Å². The third-order valence-electron chi connectivity index (χ3n) is 8.25. The van der Waals surface area contributed by atoms with Crippen molar-refractivity contribution in [3.63, 3.8) is 0 Å². The Labute approximate surface area is 241 Å². The number of unbranched alkanes of at least 4 members (excludes halogenated alkanes) is 29. The lowest BCUT2D eigenvalue weighted by molar-refractivity contribution is -0.143. The Bertz CT molecular complexity index is 433. The smallest absolute Gasteiger partial charge is 0.305 e. The van der Waals surface area contributed by atoms with Crippen molar-refractivity contribution in [1.29, 1.82) is 0 Å². The van der Waals surface area contributed by atoms with Crippen molar-refractivity contribution in [1.82, 2.24) is 0 Å². The molecule has 228 valence electrons. The summed E-state index contributed by atoms with van der Waals surface area (Å²) in [6.07, 6.45) is 43.3. The van der Waals surface area contributed by atoms with Gasteiger partial charge in [0.15, 0.2) is 0 Å². The fraction of sp³-hybridized carbons (Fsp3) is 0.972. The Morgan fingerprint density at radius 3 is 0.868 bits per heavy atom. The predicted octanol–water partition coefficient (Wildman–Crippen LogP) is 13.1. The topological polar surface area (TPSA) is 26.3 Å². The lowest BCUT2D eigenvalue weighted by Crippen LogP contribution is -2.05. The molecule has 0 N–H and O–H groups in total. The summed E-state index contributed by atoms with van der Waals surface area (Å²) < 4.78 is 5.40. The first-order valence-electron chi connectivity index (χ1n) is 18.0. The van der Waals surface area contributed by atoms with E-state index in [1.807, 2.05) is 0 Å². The van der Waals surface area contributed by atoms with Crippen LogP contribution >= 0.6 is 0 Å². The van der Waals surface area contributed by atoms with Gasteiger partial charge in [0.1, 0.15) is 0 Å². The highest BCUT2D eigenvalue weighted by molar-refractivity contribution is 5.69. The summed E-state index contributed by atoms with van der Waals surface area (Å²) >= 11 is 0. The molecule has 0 aromatic carbocycles. The second-order valence-electron chi connectivity index (χ2n) is 12.2. The summed E-state index contributed by atoms with van der Waals surface area (Å²) in [5, 5.41) is 0. The number of carbonyl (C=O) groups is 1. The zero-order valence-electron chi connectivity index (χ0n) is 26.7. The first kappa shape index (κ1) is 37.5. The van der Waals surface area contributed by atoms with Crippen LogP contribution in [0.25, 0.3) is 0 Å². The first-order valence-corrected chi connectivity index (χ1v) is 18.0. The number of rotatable bonds is 33. The maximum absolute atomic E-state index is 11.8. The lowest BCUT2D eigenvalue weighted by atomic mass is 10.0. The minimum absolute atomic E-state index is 0.0210. The molecule has 0 spiro atoms. The van der Waals surface area contributed by atoms with Gasteiger partial charge >= 0.3 is 5.97 Å². The largest absolute Gasteiger partial charge is 0.466 e. The van der Waals surface area contributed by atoms with E-state index in [1.54, 1.807) is 0 Å². The number of ether oxygens (including phenoxy) is 1. The van der Waals surface area contributed by atoms with Crippen LogP contribution in [0.4, 0.5) is 0 Å². The summed E-state index contributed by atoms with van der Waals surface area (Å²) in [7, 11) is 0. The van der Waals surface area contributed by atoms with Crippen molar-refractivity contribution in [2.24, 2.45) is 0 Å². The average molecular weight is 537 g/mol. The van der Waals surface area contributed by atoms with Gasteiger partial charge in [0, 0.05) is 6.42 Å². The molecule has 0 heterocycles. The highest BCUT2D eigenvalue weighted by Gasteiger charge is 2.02. The van der Waals surface area contributed by atoms with Gasteiger partial charge in [-0.2, -0.15) is 0 Å². The summed E-state index contributed by atoms with van der Waals surface area (Å²) in [4.78, 5) is 11.8. The van der Waals surface area contributed by atoms with Crippen molar-refractivity contribution in [2.75, 3.05) is 6.61 Å². The van der Waals surface area contributed by atoms with Gasteiger partial charge in [0.05, 0.1) is 6.61 Å². The molecule has 0 aromatic rings. The Kier molecular flexibility index (Phi) is 34.0. The Morgan fingerprint density at radius 1 is 0.342 bits per heavy atom. The van der Waals surface area contributed by atoms with Crippen LogP contribution in [0.1, 0.15) is 219 Å². The molecule has 0 saturated heterocycles. The van der Waals surface area contributed by atoms with E-state index >= 15 is 0 Å². The molecular weight excluding hydrogens is 464 g/mol. The molecule has 2 heteroatoms. The second kappa shape index (κ2) is 34.5. The normalized spacial score (nSPS) is 11.3. The summed E-state index contributed by atoms with van der Waals surface area (Å²) in [5.74, 6) is 0.0210. The van der Waals surface area contributed by atoms with E-state index in [0.29, 0.717) is 13.0 Å². The summed E-state index contributed by atoms with van der Waals surface area (Å²) in [6, 6.07) is 0. The minimum atomic E-state index is 0.0210. The summed E-state index contributed by atoms with van der Waals surface area (Å²) in [5.41, 5.74) is 0. The van der Waals surface area contributed by atoms with Gasteiger partial charge in [0.2, 0.25) is 0 Å². The molecule has 38 heavy (non-hydrogen) atoms. The zero-order valence-corrected chi connectivity index (χ0v) is 26.7. The van der Waals surface area contributed by atoms with E-state index in [0.717, 1.165) is 12.8 Å². The molecule has 0 aliphatic carbocycles. The highest BCUT2D eigenvalue weighted by Crippen LogP contribution is 2.16. The van der Waals surface area contributed by atoms with Gasteiger partial charge in [-0.3, -0.25) is 4.79 Å². The third kappa shape index (κ3) is 33.5. The van der Waals surface area contributed by atoms with Crippen LogP contribution in [0.3, 0.4) is 0 Å². The van der Waals surface area contributed by atoms with Gasteiger partial charge in [0.25, 0.3) is 0 Å². The Morgan fingerprint density at radius 2 is 0.579 bits per heavy atom. The van der Waals surface area contributed by atoms with Crippen LogP contribution in [-0.4, -0.2) is 12.6 Å². The molecule has 0 bridgehead atoms. The zero-order chi connectivity index (χ0) is 27.6. The lowest BCUT2D eigenvalue weighted by Gasteiger charge is -2.06. The van der Waals surface area contributed by atoms with Gasteiger partial charge in [-0.1, -0.05) is 200 Å². The van der Waals surface area contributed by atoms with Gasteiger partial charge in [-0.25, -0.2) is 0 Å². The molecule has 0 radical (unpaired) electrons. The Balaban J connectivity index is 3.10. The van der Waals surface area contributed by atoms with E-state index < -0.39 is 0 Å². The SMILES string of the molecule is CCCCCCCCCCCCCCCCCCCCCCCCCCOC(=O)CCCCCCCCC. The quantitative estimate of drug-likeness (QED) is 0.0615. The number of esters is 1. The third-order valence-corrected chi connectivity index (χ3v) is 8.25. The fourth-order valence-corrected chi connectivity index (χ4v) is 5.55. The second-order valence-corrected chi connectivity index (χ2v) is 12.2. The standard InChI is InChI=1S/C36H72O2/c1-3-5-7-9-11-12-13-14-15-16-17-18-19-20-21-22-23-24-25-26-27-29-31-33-35-38-36(37)34-32-30-28-10-8-6-4-2/h3-35H2,1-2H3. The number of carbonyl (C=O) groups excluding carboxylic acids is 1. The maximum atomic E-state index is 11.8. The number of hydrogen-bond donors (Lipinski definition) is 0. The molecule has 0 rings (SSSR count). The van der Waals surface area contributed by atoms with E-state index in [4.69, 9.17) is 4.74 Å². The molecule has 0 atom stereocenters. The van der Waals surface area contributed by atoms with Gasteiger partial charge in [-0.15, -0.1) is 0 Å². The average Bonchev–Trinajstić information content (AvgIpc) is 2.92. The van der Waals surface area contributed by atoms with Crippen LogP contribution in [0.15, 0.2) is 0 Å². The van der Waals surface area contributed by atoms with Crippen molar-refractivity contribution in [3.05, 3.63) is 0 Å². The monoisotopic (exact) mass is 537 g/mol. The van der Waals surface area contributed by atoms with Crippen LogP contribution in [0.2, 0.25) is 0 Å². The highest BCUT2D eigenvalue weighted by atomic mass is 16.5. The van der Waals surface area contributed by atoms with E-state index in [9.17, 15) is 4.79 Å². The fourth-order valence-electron chi connectivity index (χ4n) is 5.55. The van der Waals surface area contributed by atoms with E-state index in [-0.39, 0.29) is 5.97 Å². The number of hydrogen-bond acceptors (Lipinski definition) is 2. The first-order chi connectivity index (χ1) is 18.8. The summed E-state index contributed by atoms with van der Waals surface area (Å²) in [6.45, 7) is 5.18. The van der Waals surface area contributed by atoms with Crippen LogP contribution < -0.4 is 0 Å². The Hall–Kier alpha value is -0.530. The molecule has 0 aromatic heterocycles. The van der Waals surface area contributed by atoms with Crippen molar-refractivity contribution < 1.29 is 9.53 Å². The molecule has 0 saturated carbocycles. The minimum Gasteiger partial charge on any atom is -0.466 e. The molecule has 2 nitrogen and oxygen atoms in total. The predicted molar refractivity (Wildman–Crippen MR) is 170 cm³/mol. The molecule has 0 unspecified atom stereocenters. The van der Waals surface area contributed by atoms with E-state index in [1.165, 1.54) is 186 Å². The van der Waals surface area contributed by atoms with Crippen LogP contribution in [0, 0.1) is 0 Å². The molecule has 0 fully saturated rings. The molecule has 0 aliphatic rings. The van der Waals surface area contributed by atoms with Crippen molar-refractivity contribution >= 4 is 5.97 Å². The van der Waals surface area contributed by atoms with Gasteiger partial charge < -0.3 is 4.74 Å². The van der Waals surface area contributed by atoms with Crippen LogP contribution in [0.5, 0.6) is 0 Å². The van der Waals surface area contributed by atoms with Crippen molar-refractivity contribution in [2.45, 2.75) is 219 Å².